The van der Waals surface area contributed by atoms with Crippen LogP contribution in [0.25, 0.3) is 0 Å². The molecule has 2 rings (SSSR count). The molecular weight excluding hydrogens is 210 g/mol. The molecule has 0 saturated carbocycles. The lowest BCUT2D eigenvalue weighted by Crippen LogP contribution is -2.41. The number of hydrogen-bond acceptors (Lipinski definition) is 3. The fourth-order valence-electron chi connectivity index (χ4n) is 2.67. The highest BCUT2D eigenvalue weighted by atomic mass is 15.2. The highest BCUT2D eigenvalue weighted by Crippen LogP contribution is 2.26. The van der Waals surface area contributed by atoms with Gasteiger partial charge in [0.15, 0.2) is 0 Å². The number of nitrogens with zero attached hydrogens (tertiary/aromatic N) is 2. The molecule has 1 saturated heterocycles. The summed E-state index contributed by atoms with van der Waals surface area (Å²) in [6, 6.07) is 4.84. The minimum atomic E-state index is 0.657. The maximum absolute atomic E-state index is 4.57. The van der Waals surface area contributed by atoms with Crippen molar-refractivity contribution in [2.45, 2.75) is 38.6 Å². The molecule has 1 atom stereocenters. The van der Waals surface area contributed by atoms with Gasteiger partial charge in [-0.1, -0.05) is 6.07 Å². The van der Waals surface area contributed by atoms with Gasteiger partial charge in [-0.05, 0) is 57.8 Å². The number of anilines is 1. The van der Waals surface area contributed by atoms with Crippen LogP contribution in [0.15, 0.2) is 18.3 Å². The number of nitrogens with one attached hydrogen (secondary N) is 1. The number of piperidine rings is 1. The van der Waals surface area contributed by atoms with Crippen molar-refractivity contribution in [2.75, 3.05) is 25.0 Å². The predicted molar refractivity (Wildman–Crippen MR) is 72.5 cm³/mol. The first-order valence-electron chi connectivity index (χ1n) is 6.66. The maximum atomic E-state index is 4.57. The quantitative estimate of drug-likeness (QED) is 0.865. The molecular formula is C14H23N3. The van der Waals surface area contributed by atoms with E-state index in [1.807, 2.05) is 19.3 Å². The third-order valence-corrected chi connectivity index (χ3v) is 3.61. The van der Waals surface area contributed by atoms with Crippen LogP contribution in [0.5, 0.6) is 0 Å². The largest absolute Gasteiger partial charge is 0.353 e. The number of hydrogen-bond donors (Lipinski definition) is 1. The Bertz CT molecular complexity index is 351. The molecule has 3 heteroatoms. The molecule has 17 heavy (non-hydrogen) atoms. The first-order chi connectivity index (χ1) is 8.33. The standard InChI is InChI=1S/C14H23N3/c1-12-6-5-9-16-14(12)17-11-4-3-7-13(17)8-10-15-2/h5-6,9,13,15H,3-4,7-8,10-11H2,1-2H3. The minimum absolute atomic E-state index is 0.657. The van der Waals surface area contributed by atoms with Crippen molar-refractivity contribution in [3.63, 3.8) is 0 Å². The van der Waals surface area contributed by atoms with Gasteiger partial charge in [0, 0.05) is 18.8 Å². The van der Waals surface area contributed by atoms with Crippen LogP contribution in [-0.4, -0.2) is 31.2 Å². The molecule has 1 unspecified atom stereocenters. The van der Waals surface area contributed by atoms with Gasteiger partial charge in [0.05, 0.1) is 0 Å². The van der Waals surface area contributed by atoms with E-state index in [2.05, 4.69) is 28.2 Å². The van der Waals surface area contributed by atoms with Gasteiger partial charge in [-0.25, -0.2) is 4.98 Å². The van der Waals surface area contributed by atoms with Gasteiger partial charge in [-0.3, -0.25) is 0 Å². The van der Waals surface area contributed by atoms with Gasteiger partial charge in [-0.15, -0.1) is 0 Å². The zero-order valence-electron chi connectivity index (χ0n) is 10.9. The summed E-state index contributed by atoms with van der Waals surface area (Å²) in [5.74, 6) is 1.19. The molecule has 1 fully saturated rings. The smallest absolute Gasteiger partial charge is 0.131 e. The normalized spacial score (nSPS) is 20.6. The summed E-state index contributed by atoms with van der Waals surface area (Å²) in [5.41, 5.74) is 1.30. The molecule has 0 aromatic carbocycles. The molecule has 1 N–H and O–H groups in total. The van der Waals surface area contributed by atoms with E-state index in [0.717, 1.165) is 13.1 Å². The Morgan fingerprint density at radius 3 is 3.12 bits per heavy atom. The molecule has 1 aliphatic rings. The van der Waals surface area contributed by atoms with Gasteiger partial charge < -0.3 is 10.2 Å². The summed E-state index contributed by atoms with van der Waals surface area (Å²) >= 11 is 0. The van der Waals surface area contributed by atoms with Crippen LogP contribution in [0.3, 0.4) is 0 Å². The molecule has 0 spiro atoms. The van der Waals surface area contributed by atoms with Crippen molar-refractivity contribution >= 4 is 5.82 Å². The van der Waals surface area contributed by atoms with Gasteiger partial charge >= 0.3 is 0 Å². The van der Waals surface area contributed by atoms with E-state index in [1.54, 1.807) is 0 Å². The van der Waals surface area contributed by atoms with Crippen LogP contribution < -0.4 is 10.2 Å². The average molecular weight is 233 g/mol. The molecule has 1 aliphatic heterocycles. The van der Waals surface area contributed by atoms with E-state index >= 15 is 0 Å². The van der Waals surface area contributed by atoms with Crippen molar-refractivity contribution < 1.29 is 0 Å². The van der Waals surface area contributed by atoms with Gasteiger partial charge in [0.1, 0.15) is 5.82 Å². The summed E-state index contributed by atoms with van der Waals surface area (Å²) in [4.78, 5) is 7.08. The van der Waals surface area contributed by atoms with Crippen LogP contribution in [0, 0.1) is 6.92 Å². The number of aryl methyl sites for hydroxylation is 1. The molecule has 0 amide bonds. The van der Waals surface area contributed by atoms with Crippen LogP contribution in [0.4, 0.5) is 5.82 Å². The van der Waals surface area contributed by atoms with Gasteiger partial charge in [0.2, 0.25) is 0 Å². The Hall–Kier alpha value is -1.09. The lowest BCUT2D eigenvalue weighted by atomic mass is 9.98. The first kappa shape index (κ1) is 12.4. The number of pyridine rings is 1. The summed E-state index contributed by atoms with van der Waals surface area (Å²) in [6.45, 7) is 4.41. The van der Waals surface area contributed by atoms with E-state index in [-0.39, 0.29) is 0 Å². The molecule has 2 heterocycles. The third kappa shape index (κ3) is 2.97. The first-order valence-corrected chi connectivity index (χ1v) is 6.66. The molecule has 1 aromatic rings. The fourth-order valence-corrected chi connectivity index (χ4v) is 2.67. The van der Waals surface area contributed by atoms with E-state index in [4.69, 9.17) is 0 Å². The van der Waals surface area contributed by atoms with E-state index < -0.39 is 0 Å². The van der Waals surface area contributed by atoms with Crippen LogP contribution in [-0.2, 0) is 0 Å². The van der Waals surface area contributed by atoms with Crippen LogP contribution in [0.2, 0.25) is 0 Å². The van der Waals surface area contributed by atoms with Crippen molar-refractivity contribution in [1.82, 2.24) is 10.3 Å². The molecule has 1 aromatic heterocycles. The minimum Gasteiger partial charge on any atom is -0.353 e. The van der Waals surface area contributed by atoms with Crippen LogP contribution >= 0.6 is 0 Å². The Morgan fingerprint density at radius 1 is 1.47 bits per heavy atom. The van der Waals surface area contributed by atoms with Crippen molar-refractivity contribution in [1.29, 1.82) is 0 Å². The molecule has 0 aliphatic carbocycles. The van der Waals surface area contributed by atoms with E-state index in [0.29, 0.717) is 6.04 Å². The lowest BCUT2D eigenvalue weighted by Gasteiger charge is -2.37. The van der Waals surface area contributed by atoms with Crippen LogP contribution in [0.1, 0.15) is 31.2 Å². The topological polar surface area (TPSA) is 28.2 Å². The summed E-state index contributed by atoms with van der Waals surface area (Å²) in [7, 11) is 2.03. The second kappa shape index (κ2) is 6.01. The fraction of sp³-hybridized carbons (Fsp3) is 0.643. The third-order valence-electron chi connectivity index (χ3n) is 3.61. The second-order valence-electron chi connectivity index (χ2n) is 4.88. The lowest BCUT2D eigenvalue weighted by molar-refractivity contribution is 0.430. The number of rotatable bonds is 4. The van der Waals surface area contributed by atoms with E-state index in [9.17, 15) is 0 Å². The summed E-state index contributed by atoms with van der Waals surface area (Å²) in [5, 5.41) is 3.25. The molecule has 3 nitrogen and oxygen atoms in total. The predicted octanol–water partition coefficient (Wildman–Crippen LogP) is 2.36. The Kier molecular flexibility index (Phi) is 4.37. The monoisotopic (exact) mass is 233 g/mol. The highest BCUT2D eigenvalue weighted by molar-refractivity contribution is 5.47. The van der Waals surface area contributed by atoms with E-state index in [1.165, 1.54) is 37.1 Å². The zero-order chi connectivity index (χ0) is 12.1. The molecule has 94 valence electrons. The second-order valence-corrected chi connectivity index (χ2v) is 4.88. The average Bonchev–Trinajstić information content (AvgIpc) is 2.37. The van der Waals surface area contributed by atoms with Crippen molar-refractivity contribution in [3.8, 4) is 0 Å². The van der Waals surface area contributed by atoms with Gasteiger partial charge in [-0.2, -0.15) is 0 Å². The number of aromatic nitrogens is 1. The van der Waals surface area contributed by atoms with Crippen molar-refractivity contribution in [2.24, 2.45) is 0 Å². The van der Waals surface area contributed by atoms with Gasteiger partial charge in [0.25, 0.3) is 0 Å². The Balaban J connectivity index is 2.13. The Labute approximate surface area is 104 Å². The molecule has 0 bridgehead atoms. The molecule has 0 radical (unpaired) electrons. The van der Waals surface area contributed by atoms with Crippen molar-refractivity contribution in [3.05, 3.63) is 23.9 Å². The highest BCUT2D eigenvalue weighted by Gasteiger charge is 2.23. The summed E-state index contributed by atoms with van der Waals surface area (Å²) in [6.07, 6.45) is 7.08. The Morgan fingerprint density at radius 2 is 2.35 bits per heavy atom. The zero-order valence-corrected chi connectivity index (χ0v) is 10.9. The summed E-state index contributed by atoms with van der Waals surface area (Å²) < 4.78 is 0. The SMILES string of the molecule is CNCCC1CCCCN1c1ncccc1C. The maximum Gasteiger partial charge on any atom is 0.131 e.